The lowest BCUT2D eigenvalue weighted by Crippen LogP contribution is -2.20. The van der Waals surface area contributed by atoms with Crippen LogP contribution in [0.2, 0.25) is 0 Å². The van der Waals surface area contributed by atoms with Gasteiger partial charge < -0.3 is 18.9 Å². The molecular formula is C19H31FO4. The van der Waals surface area contributed by atoms with Crippen LogP contribution < -0.4 is 0 Å². The van der Waals surface area contributed by atoms with Gasteiger partial charge >= 0.3 is 0 Å². The Labute approximate surface area is 146 Å². The summed E-state index contributed by atoms with van der Waals surface area (Å²) in [5, 5.41) is 0. The lowest BCUT2D eigenvalue weighted by Gasteiger charge is -2.19. The Balaban J connectivity index is 4.83. The van der Waals surface area contributed by atoms with E-state index in [4.69, 9.17) is 18.9 Å². The minimum Gasteiger partial charge on any atom is -0.465 e. The van der Waals surface area contributed by atoms with E-state index in [9.17, 15) is 4.39 Å². The molecule has 0 aromatic rings. The van der Waals surface area contributed by atoms with Gasteiger partial charge in [0.1, 0.15) is 6.10 Å². The number of unbranched alkanes of at least 4 members (excludes halogenated alkanes) is 3. The molecule has 4 nitrogen and oxygen atoms in total. The van der Waals surface area contributed by atoms with Gasteiger partial charge in [-0.2, -0.15) is 4.39 Å². The molecule has 0 rings (SSSR count). The number of methoxy groups -OCH3 is 1. The number of hydrogen-bond donors (Lipinski definition) is 0. The third-order valence-electron chi connectivity index (χ3n) is 3.13. The van der Waals surface area contributed by atoms with Crippen molar-refractivity contribution < 1.29 is 23.3 Å². The molecule has 0 spiro atoms. The summed E-state index contributed by atoms with van der Waals surface area (Å²) in [6, 6.07) is 0. The zero-order valence-corrected chi connectivity index (χ0v) is 15.2. The first kappa shape index (κ1) is 22.6. The Morgan fingerprint density at radius 1 is 1.25 bits per heavy atom. The second-order valence-electron chi connectivity index (χ2n) is 5.12. The second kappa shape index (κ2) is 16.5. The van der Waals surface area contributed by atoms with Crippen LogP contribution in [-0.4, -0.2) is 39.8 Å². The molecule has 1 atom stereocenters. The average Bonchev–Trinajstić information content (AvgIpc) is 2.59. The highest BCUT2D eigenvalue weighted by atomic mass is 19.1. The molecular weight excluding hydrogens is 311 g/mol. The van der Waals surface area contributed by atoms with Crippen LogP contribution in [0.15, 0.2) is 24.2 Å². The Kier molecular flexibility index (Phi) is 15.6. The molecule has 0 fully saturated rings. The van der Waals surface area contributed by atoms with Crippen LogP contribution >= 0.6 is 0 Å². The summed E-state index contributed by atoms with van der Waals surface area (Å²) in [7, 11) is 1.58. The molecule has 0 aromatic heterocycles. The number of halogens is 1. The zero-order valence-electron chi connectivity index (χ0n) is 15.2. The standard InChI is InChI=1S/C19H31FO4/c1-5-8-9-10-11-12-17(20)19(18(7-3)23-13-6-2)24-16-22-15-14-21-4/h6,18H,2,5,7-10,13-16H2,1,3-4H3/b19-17+. The summed E-state index contributed by atoms with van der Waals surface area (Å²) in [5.41, 5.74) is 0. The van der Waals surface area contributed by atoms with E-state index in [-0.39, 0.29) is 12.6 Å². The molecule has 0 aliphatic heterocycles. The number of allylic oxidation sites excluding steroid dienone is 1. The summed E-state index contributed by atoms with van der Waals surface area (Å²) in [6.45, 7) is 8.68. The molecule has 138 valence electrons. The molecule has 0 heterocycles. The maximum Gasteiger partial charge on any atom is 0.213 e. The van der Waals surface area contributed by atoms with Crippen molar-refractivity contribution in [2.75, 3.05) is 33.7 Å². The Bertz CT molecular complexity index is 409. The minimum atomic E-state index is -0.599. The van der Waals surface area contributed by atoms with Crippen LogP contribution in [0.25, 0.3) is 0 Å². The second-order valence-corrected chi connectivity index (χ2v) is 5.12. The van der Waals surface area contributed by atoms with Gasteiger partial charge in [-0.1, -0.05) is 38.7 Å². The first-order chi connectivity index (χ1) is 11.7. The van der Waals surface area contributed by atoms with Gasteiger partial charge in [-0.25, -0.2) is 0 Å². The van der Waals surface area contributed by atoms with Crippen molar-refractivity contribution in [2.24, 2.45) is 0 Å². The molecule has 5 heteroatoms. The summed E-state index contributed by atoms with van der Waals surface area (Å²) in [6.07, 6.45) is 5.51. The van der Waals surface area contributed by atoms with E-state index in [1.54, 1.807) is 13.2 Å². The number of hydrogen-bond acceptors (Lipinski definition) is 4. The first-order valence-electron chi connectivity index (χ1n) is 8.51. The predicted octanol–water partition coefficient (Wildman–Crippen LogP) is 4.37. The van der Waals surface area contributed by atoms with E-state index in [1.165, 1.54) is 0 Å². The van der Waals surface area contributed by atoms with E-state index in [1.807, 2.05) is 6.92 Å². The third-order valence-corrected chi connectivity index (χ3v) is 3.13. The fraction of sp³-hybridized carbons (Fsp3) is 0.684. The first-order valence-corrected chi connectivity index (χ1v) is 8.51. The fourth-order valence-corrected chi connectivity index (χ4v) is 1.83. The van der Waals surface area contributed by atoms with Gasteiger partial charge in [0.25, 0.3) is 0 Å². The molecule has 0 bridgehead atoms. The number of rotatable bonds is 14. The highest BCUT2D eigenvalue weighted by Gasteiger charge is 2.19. The van der Waals surface area contributed by atoms with Crippen LogP contribution in [0.3, 0.4) is 0 Å². The molecule has 0 aliphatic rings. The zero-order chi connectivity index (χ0) is 18.0. The molecule has 0 aliphatic carbocycles. The Hall–Kier alpha value is -1.35. The van der Waals surface area contributed by atoms with Crippen LogP contribution in [0.5, 0.6) is 0 Å². The number of ether oxygens (including phenoxy) is 4. The fourth-order valence-electron chi connectivity index (χ4n) is 1.83. The normalized spacial score (nSPS) is 12.8. The van der Waals surface area contributed by atoms with Crippen molar-refractivity contribution in [3.05, 3.63) is 24.2 Å². The topological polar surface area (TPSA) is 36.9 Å². The molecule has 0 saturated heterocycles. The van der Waals surface area contributed by atoms with Gasteiger partial charge in [-0.05, 0) is 18.8 Å². The summed E-state index contributed by atoms with van der Waals surface area (Å²) in [4.78, 5) is 0. The van der Waals surface area contributed by atoms with Gasteiger partial charge in [0.15, 0.2) is 12.6 Å². The highest BCUT2D eigenvalue weighted by Crippen LogP contribution is 2.18. The Morgan fingerprint density at radius 3 is 2.67 bits per heavy atom. The highest BCUT2D eigenvalue weighted by molar-refractivity contribution is 5.27. The molecule has 0 amide bonds. The van der Waals surface area contributed by atoms with Crippen molar-refractivity contribution in [1.82, 2.24) is 0 Å². The van der Waals surface area contributed by atoms with E-state index in [2.05, 4.69) is 25.3 Å². The van der Waals surface area contributed by atoms with E-state index in [0.717, 1.165) is 19.3 Å². The summed E-state index contributed by atoms with van der Waals surface area (Å²) < 4.78 is 35.5. The average molecular weight is 342 g/mol. The maximum absolute atomic E-state index is 14.4. The van der Waals surface area contributed by atoms with Crippen molar-refractivity contribution in [1.29, 1.82) is 0 Å². The monoisotopic (exact) mass is 342 g/mol. The molecule has 0 aromatic carbocycles. The van der Waals surface area contributed by atoms with Crippen molar-refractivity contribution in [2.45, 2.75) is 52.1 Å². The van der Waals surface area contributed by atoms with Crippen molar-refractivity contribution in [3.8, 4) is 11.8 Å². The molecule has 0 saturated carbocycles. The maximum atomic E-state index is 14.4. The quantitative estimate of drug-likeness (QED) is 0.154. The Morgan fingerprint density at radius 2 is 2.04 bits per heavy atom. The van der Waals surface area contributed by atoms with Crippen LogP contribution in [-0.2, 0) is 18.9 Å². The predicted molar refractivity (Wildman–Crippen MR) is 94.1 cm³/mol. The van der Waals surface area contributed by atoms with Crippen LogP contribution in [0.4, 0.5) is 4.39 Å². The molecule has 0 N–H and O–H groups in total. The SMILES string of the molecule is C=CCOC(CC)/C(OCOCCOC)=C(\F)C#CCCCCC. The van der Waals surface area contributed by atoms with E-state index >= 15 is 0 Å². The van der Waals surface area contributed by atoms with E-state index < -0.39 is 11.9 Å². The van der Waals surface area contributed by atoms with Gasteiger partial charge in [-0.3, -0.25) is 0 Å². The van der Waals surface area contributed by atoms with E-state index in [0.29, 0.717) is 32.7 Å². The summed E-state index contributed by atoms with van der Waals surface area (Å²) >= 11 is 0. The van der Waals surface area contributed by atoms with Crippen LogP contribution in [0, 0.1) is 11.8 Å². The minimum absolute atomic E-state index is 0.0718. The lowest BCUT2D eigenvalue weighted by molar-refractivity contribution is -0.0639. The molecule has 24 heavy (non-hydrogen) atoms. The van der Waals surface area contributed by atoms with Crippen molar-refractivity contribution >= 4 is 0 Å². The van der Waals surface area contributed by atoms with Gasteiger partial charge in [0.05, 0.1) is 19.8 Å². The molecule has 0 radical (unpaired) electrons. The van der Waals surface area contributed by atoms with Gasteiger partial charge in [0.2, 0.25) is 5.83 Å². The lowest BCUT2D eigenvalue weighted by atomic mass is 10.2. The van der Waals surface area contributed by atoms with Gasteiger partial charge in [0, 0.05) is 13.5 Å². The largest absolute Gasteiger partial charge is 0.465 e. The van der Waals surface area contributed by atoms with Crippen LogP contribution in [0.1, 0.15) is 46.0 Å². The molecule has 1 unspecified atom stereocenters. The summed E-state index contributed by atoms with van der Waals surface area (Å²) in [5.74, 6) is 4.87. The van der Waals surface area contributed by atoms with Crippen molar-refractivity contribution in [3.63, 3.8) is 0 Å². The smallest absolute Gasteiger partial charge is 0.213 e. The third kappa shape index (κ3) is 11.2. The van der Waals surface area contributed by atoms with Gasteiger partial charge in [-0.15, -0.1) is 6.58 Å².